The van der Waals surface area contributed by atoms with Crippen molar-refractivity contribution in [1.29, 1.82) is 0 Å². The molecule has 0 N–H and O–H groups in total. The second-order valence-corrected chi connectivity index (χ2v) is 5.10. The molecule has 3 aromatic carbocycles. The molecule has 0 bridgehead atoms. The van der Waals surface area contributed by atoms with E-state index in [1.807, 2.05) is 78.9 Å². The maximum atomic E-state index is 12.3. The third-order valence-corrected chi connectivity index (χ3v) is 3.46. The minimum absolute atomic E-state index is 0.333. The summed E-state index contributed by atoms with van der Waals surface area (Å²) in [4.78, 5) is 12.3. The van der Waals surface area contributed by atoms with E-state index in [1.165, 1.54) is 0 Å². The Hall–Kier alpha value is -2.87. The van der Waals surface area contributed by atoms with E-state index >= 15 is 0 Å². The lowest BCUT2D eigenvalue weighted by molar-refractivity contribution is -0.129. The fraction of sp³-hybridized carbons (Fsp3) is 0.0500. The molecule has 0 saturated carbocycles. The van der Waals surface area contributed by atoms with Crippen LogP contribution in [0.25, 0.3) is 16.8 Å². The summed E-state index contributed by atoms with van der Waals surface area (Å²) in [5.41, 5.74) is 1.55. The van der Waals surface area contributed by atoms with E-state index in [9.17, 15) is 4.79 Å². The molecule has 0 aliphatic carbocycles. The lowest BCUT2D eigenvalue weighted by Gasteiger charge is -2.08. The minimum atomic E-state index is -0.333. The van der Waals surface area contributed by atoms with E-state index in [4.69, 9.17) is 4.74 Å². The van der Waals surface area contributed by atoms with Crippen molar-refractivity contribution in [2.75, 3.05) is 0 Å². The van der Waals surface area contributed by atoms with Gasteiger partial charge < -0.3 is 4.74 Å². The van der Waals surface area contributed by atoms with Gasteiger partial charge in [0.1, 0.15) is 5.75 Å². The second kappa shape index (κ2) is 6.27. The Balaban J connectivity index is 1.86. The summed E-state index contributed by atoms with van der Waals surface area (Å²) in [6.07, 6.45) is 1.83. The van der Waals surface area contributed by atoms with Crippen molar-refractivity contribution in [1.82, 2.24) is 0 Å². The fourth-order valence-electron chi connectivity index (χ4n) is 2.32. The number of esters is 1. The van der Waals surface area contributed by atoms with Crippen LogP contribution in [0.15, 0.2) is 78.4 Å². The first-order valence-corrected chi connectivity index (χ1v) is 7.17. The number of carbonyl (C=O) groups is 1. The van der Waals surface area contributed by atoms with E-state index in [2.05, 4.69) is 0 Å². The van der Waals surface area contributed by atoms with Crippen molar-refractivity contribution in [3.05, 3.63) is 83.9 Å². The van der Waals surface area contributed by atoms with Gasteiger partial charge in [-0.3, -0.25) is 0 Å². The first kappa shape index (κ1) is 14.1. The van der Waals surface area contributed by atoms with Crippen molar-refractivity contribution >= 4 is 22.8 Å². The van der Waals surface area contributed by atoms with Crippen molar-refractivity contribution < 1.29 is 9.53 Å². The van der Waals surface area contributed by atoms with Gasteiger partial charge in [0, 0.05) is 11.0 Å². The lowest BCUT2D eigenvalue weighted by Crippen LogP contribution is -2.09. The minimum Gasteiger partial charge on any atom is -0.423 e. The Kier molecular flexibility index (Phi) is 4.01. The zero-order chi connectivity index (χ0) is 15.4. The molecule has 0 heterocycles. The molecule has 0 amide bonds. The van der Waals surface area contributed by atoms with Gasteiger partial charge in [0.2, 0.25) is 0 Å². The summed E-state index contributed by atoms with van der Waals surface area (Å²) in [5, 5.41) is 1.99. The Labute approximate surface area is 129 Å². The number of fused-ring (bicyclic) bond motifs is 1. The van der Waals surface area contributed by atoms with Crippen LogP contribution in [-0.4, -0.2) is 5.97 Å². The van der Waals surface area contributed by atoms with Crippen LogP contribution in [0.3, 0.4) is 0 Å². The predicted molar refractivity (Wildman–Crippen MR) is 89.7 cm³/mol. The molecule has 0 aliphatic rings. The van der Waals surface area contributed by atoms with E-state index in [1.54, 1.807) is 6.92 Å². The third-order valence-electron chi connectivity index (χ3n) is 3.46. The van der Waals surface area contributed by atoms with Crippen LogP contribution in [0, 0.1) is 0 Å². The van der Waals surface area contributed by atoms with E-state index < -0.39 is 0 Å². The average molecular weight is 288 g/mol. The van der Waals surface area contributed by atoms with E-state index in [0.717, 1.165) is 16.3 Å². The number of ether oxygens (including phenoxy) is 1. The lowest BCUT2D eigenvalue weighted by atomic mass is 10.1. The molecule has 0 aromatic heterocycles. The Morgan fingerprint density at radius 1 is 0.864 bits per heavy atom. The maximum absolute atomic E-state index is 12.3. The van der Waals surface area contributed by atoms with Crippen LogP contribution in [0.5, 0.6) is 5.75 Å². The zero-order valence-electron chi connectivity index (χ0n) is 12.3. The Morgan fingerprint density at radius 2 is 1.55 bits per heavy atom. The molecule has 108 valence electrons. The summed E-state index contributed by atoms with van der Waals surface area (Å²) in [6, 6.07) is 23.3. The highest BCUT2D eigenvalue weighted by Crippen LogP contribution is 2.26. The number of hydrogen-bond acceptors (Lipinski definition) is 2. The highest BCUT2D eigenvalue weighted by atomic mass is 16.5. The van der Waals surface area contributed by atoms with Crippen LogP contribution in [-0.2, 0) is 4.79 Å². The molecule has 0 fully saturated rings. The van der Waals surface area contributed by atoms with Crippen LogP contribution in [0.2, 0.25) is 0 Å². The molecular weight excluding hydrogens is 272 g/mol. The Morgan fingerprint density at radius 3 is 2.36 bits per heavy atom. The highest BCUT2D eigenvalue weighted by Gasteiger charge is 2.10. The van der Waals surface area contributed by atoms with Crippen molar-refractivity contribution in [3.8, 4) is 5.75 Å². The van der Waals surface area contributed by atoms with Gasteiger partial charge in [-0.25, -0.2) is 4.79 Å². The van der Waals surface area contributed by atoms with Gasteiger partial charge in [0.25, 0.3) is 0 Å². The predicted octanol–water partition coefficient (Wildman–Crippen LogP) is 4.85. The standard InChI is InChI=1S/C20H16O2/c1-15(14-16-8-3-2-4-9-16)20(21)22-19-13-7-11-17-10-5-6-12-18(17)19/h2-14H,1H3. The SMILES string of the molecule is CC(=Cc1ccccc1)C(=O)Oc1cccc2ccccc12. The smallest absolute Gasteiger partial charge is 0.339 e. The molecule has 3 rings (SSSR count). The first-order chi connectivity index (χ1) is 10.7. The molecule has 2 heteroatoms. The maximum Gasteiger partial charge on any atom is 0.339 e. The van der Waals surface area contributed by atoms with Gasteiger partial charge in [-0.2, -0.15) is 0 Å². The van der Waals surface area contributed by atoms with Gasteiger partial charge in [0.05, 0.1) is 0 Å². The fourth-order valence-corrected chi connectivity index (χ4v) is 2.32. The molecule has 0 unspecified atom stereocenters. The van der Waals surface area contributed by atoms with Crippen molar-refractivity contribution in [3.63, 3.8) is 0 Å². The summed E-state index contributed by atoms with van der Waals surface area (Å²) in [5.74, 6) is 0.254. The van der Waals surface area contributed by atoms with Crippen LogP contribution < -0.4 is 4.74 Å². The number of benzene rings is 3. The van der Waals surface area contributed by atoms with E-state index in [0.29, 0.717) is 11.3 Å². The zero-order valence-corrected chi connectivity index (χ0v) is 12.3. The van der Waals surface area contributed by atoms with Gasteiger partial charge in [0.15, 0.2) is 0 Å². The Bertz CT molecular complexity index is 827. The molecule has 0 atom stereocenters. The molecule has 0 radical (unpaired) electrons. The number of rotatable bonds is 3. The van der Waals surface area contributed by atoms with Crippen LogP contribution >= 0.6 is 0 Å². The molecule has 0 spiro atoms. The first-order valence-electron chi connectivity index (χ1n) is 7.17. The van der Waals surface area contributed by atoms with Crippen molar-refractivity contribution in [2.45, 2.75) is 6.92 Å². The monoisotopic (exact) mass is 288 g/mol. The molecule has 22 heavy (non-hydrogen) atoms. The number of carbonyl (C=O) groups excluding carboxylic acids is 1. The van der Waals surface area contributed by atoms with Crippen molar-refractivity contribution in [2.24, 2.45) is 0 Å². The normalized spacial score (nSPS) is 11.4. The molecule has 3 aromatic rings. The summed E-state index contributed by atoms with van der Waals surface area (Å²) >= 11 is 0. The van der Waals surface area contributed by atoms with Gasteiger partial charge in [-0.1, -0.05) is 66.7 Å². The summed E-state index contributed by atoms with van der Waals surface area (Å²) < 4.78 is 5.55. The van der Waals surface area contributed by atoms with Crippen LogP contribution in [0.1, 0.15) is 12.5 Å². The second-order valence-electron chi connectivity index (χ2n) is 5.10. The van der Waals surface area contributed by atoms with Gasteiger partial charge in [-0.15, -0.1) is 0 Å². The quantitative estimate of drug-likeness (QED) is 0.391. The molecule has 0 saturated heterocycles. The molecular formula is C20H16O2. The van der Waals surface area contributed by atoms with Gasteiger partial charge >= 0.3 is 5.97 Å². The van der Waals surface area contributed by atoms with Gasteiger partial charge in [-0.05, 0) is 30.0 Å². The average Bonchev–Trinajstić information content (AvgIpc) is 2.56. The molecule has 0 aliphatic heterocycles. The third kappa shape index (κ3) is 3.07. The largest absolute Gasteiger partial charge is 0.423 e. The van der Waals surface area contributed by atoms with E-state index in [-0.39, 0.29) is 5.97 Å². The van der Waals surface area contributed by atoms with Crippen LogP contribution in [0.4, 0.5) is 0 Å². The topological polar surface area (TPSA) is 26.3 Å². The summed E-state index contributed by atoms with van der Waals surface area (Å²) in [7, 11) is 0. The molecule has 2 nitrogen and oxygen atoms in total. The number of hydrogen-bond donors (Lipinski definition) is 0. The highest BCUT2D eigenvalue weighted by molar-refractivity contribution is 5.97. The summed E-state index contributed by atoms with van der Waals surface area (Å²) in [6.45, 7) is 1.76.